The Labute approximate surface area is 129 Å². The summed E-state index contributed by atoms with van der Waals surface area (Å²) in [5.41, 5.74) is 1.78. The van der Waals surface area contributed by atoms with Gasteiger partial charge in [-0.05, 0) is 31.9 Å². The highest BCUT2D eigenvalue weighted by Gasteiger charge is 2.30. The largest absolute Gasteiger partial charge is 0.481 e. The summed E-state index contributed by atoms with van der Waals surface area (Å²) in [5.74, 6) is -0.981. The number of hydrogen-bond acceptors (Lipinski definition) is 4. The highest BCUT2D eigenvalue weighted by atomic mass is 16.4. The van der Waals surface area contributed by atoms with Crippen molar-refractivity contribution in [1.29, 1.82) is 0 Å². The fourth-order valence-corrected chi connectivity index (χ4v) is 2.86. The number of aromatic nitrogens is 3. The van der Waals surface area contributed by atoms with Gasteiger partial charge in [0, 0.05) is 19.1 Å². The van der Waals surface area contributed by atoms with E-state index in [9.17, 15) is 9.90 Å². The van der Waals surface area contributed by atoms with Gasteiger partial charge in [-0.15, -0.1) is 0 Å². The number of para-hydroxylation sites is 1. The second-order valence-corrected chi connectivity index (χ2v) is 5.85. The number of hydrogen-bond donors (Lipinski definition) is 1. The third kappa shape index (κ3) is 3.17. The van der Waals surface area contributed by atoms with Crippen molar-refractivity contribution in [3.63, 3.8) is 0 Å². The summed E-state index contributed by atoms with van der Waals surface area (Å²) < 4.78 is 0. The van der Waals surface area contributed by atoms with Crippen LogP contribution in [-0.4, -0.2) is 43.6 Å². The van der Waals surface area contributed by atoms with Crippen LogP contribution in [-0.2, 0) is 11.3 Å². The van der Waals surface area contributed by atoms with E-state index in [-0.39, 0.29) is 5.92 Å². The Morgan fingerprint density at radius 1 is 1.32 bits per heavy atom. The second-order valence-electron chi connectivity index (χ2n) is 5.85. The zero-order chi connectivity index (χ0) is 15.5. The summed E-state index contributed by atoms with van der Waals surface area (Å²) >= 11 is 0. The molecule has 2 unspecified atom stereocenters. The maximum absolute atomic E-state index is 11.2. The average molecular weight is 300 g/mol. The predicted molar refractivity (Wildman–Crippen MR) is 81.6 cm³/mol. The number of nitrogens with zero attached hydrogens (tertiary/aromatic N) is 4. The minimum Gasteiger partial charge on any atom is -0.481 e. The topological polar surface area (TPSA) is 71.2 Å². The molecule has 0 amide bonds. The lowest BCUT2D eigenvalue weighted by Gasteiger charge is -2.35. The monoisotopic (exact) mass is 300 g/mol. The molecule has 6 nitrogen and oxygen atoms in total. The van der Waals surface area contributed by atoms with E-state index < -0.39 is 5.97 Å². The fraction of sp³-hybridized carbons (Fsp3) is 0.438. The molecule has 1 N–H and O–H groups in total. The first-order valence-corrected chi connectivity index (χ1v) is 7.57. The van der Waals surface area contributed by atoms with Crippen molar-refractivity contribution in [2.75, 3.05) is 6.54 Å². The first kappa shape index (κ1) is 14.7. The van der Waals surface area contributed by atoms with Gasteiger partial charge in [0.2, 0.25) is 0 Å². The predicted octanol–water partition coefficient (Wildman–Crippen LogP) is 1.95. The Kier molecular flexibility index (Phi) is 4.20. The number of aliphatic carboxylic acids is 1. The molecule has 0 saturated carbocycles. The number of benzene rings is 1. The summed E-state index contributed by atoms with van der Waals surface area (Å²) in [6, 6.07) is 10.1. The zero-order valence-electron chi connectivity index (χ0n) is 12.6. The van der Waals surface area contributed by atoms with E-state index in [1.807, 2.05) is 30.3 Å². The zero-order valence-corrected chi connectivity index (χ0v) is 12.6. The van der Waals surface area contributed by atoms with Crippen LogP contribution in [0, 0.1) is 5.92 Å². The van der Waals surface area contributed by atoms with Crippen molar-refractivity contribution in [3.05, 3.63) is 42.2 Å². The molecule has 6 heteroatoms. The molecule has 0 spiro atoms. The maximum atomic E-state index is 11.2. The number of carboxylic acids is 1. The summed E-state index contributed by atoms with van der Waals surface area (Å²) in [7, 11) is 0. The number of carbonyl (C=O) groups is 1. The molecule has 1 aliphatic rings. The van der Waals surface area contributed by atoms with Gasteiger partial charge < -0.3 is 5.11 Å². The SMILES string of the molecule is CC1CCC(C(=O)O)CN1Cc1cnn(-c2ccccc2)n1. The van der Waals surface area contributed by atoms with Gasteiger partial charge in [0.05, 0.1) is 23.5 Å². The molecular formula is C16H20N4O2. The molecule has 2 aromatic rings. The molecule has 1 fully saturated rings. The molecule has 2 atom stereocenters. The summed E-state index contributed by atoms with van der Waals surface area (Å²) in [6.45, 7) is 3.35. The Morgan fingerprint density at radius 3 is 2.82 bits per heavy atom. The lowest BCUT2D eigenvalue weighted by Crippen LogP contribution is -2.43. The summed E-state index contributed by atoms with van der Waals surface area (Å²) in [6.07, 6.45) is 3.41. The molecule has 0 radical (unpaired) electrons. The third-order valence-corrected chi connectivity index (χ3v) is 4.25. The highest BCUT2D eigenvalue weighted by molar-refractivity contribution is 5.70. The van der Waals surface area contributed by atoms with Crippen molar-refractivity contribution in [2.45, 2.75) is 32.4 Å². The molecule has 1 aromatic carbocycles. The van der Waals surface area contributed by atoms with Gasteiger partial charge in [0.1, 0.15) is 0 Å². The molecule has 3 rings (SSSR count). The first-order chi connectivity index (χ1) is 10.6. The van der Waals surface area contributed by atoms with Crippen LogP contribution in [0.2, 0.25) is 0 Å². The van der Waals surface area contributed by atoms with Gasteiger partial charge in [-0.2, -0.15) is 15.0 Å². The van der Waals surface area contributed by atoms with Gasteiger partial charge in [-0.25, -0.2) is 0 Å². The molecule has 2 heterocycles. The molecule has 22 heavy (non-hydrogen) atoms. The number of piperidine rings is 1. The molecule has 116 valence electrons. The van der Waals surface area contributed by atoms with Crippen LogP contribution in [0.15, 0.2) is 36.5 Å². The fourth-order valence-electron chi connectivity index (χ4n) is 2.86. The lowest BCUT2D eigenvalue weighted by atomic mass is 9.93. The van der Waals surface area contributed by atoms with Crippen LogP contribution in [0.1, 0.15) is 25.5 Å². The third-order valence-electron chi connectivity index (χ3n) is 4.25. The number of likely N-dealkylation sites (tertiary alicyclic amines) is 1. The van der Waals surface area contributed by atoms with Crippen LogP contribution in [0.4, 0.5) is 0 Å². The van der Waals surface area contributed by atoms with Crippen LogP contribution in [0.5, 0.6) is 0 Å². The normalized spacial score (nSPS) is 22.6. The van der Waals surface area contributed by atoms with Crippen molar-refractivity contribution in [2.24, 2.45) is 5.92 Å². The minimum absolute atomic E-state index is 0.277. The molecule has 1 saturated heterocycles. The van der Waals surface area contributed by atoms with E-state index in [1.54, 1.807) is 11.0 Å². The van der Waals surface area contributed by atoms with Gasteiger partial charge >= 0.3 is 5.97 Å². The minimum atomic E-state index is -0.704. The van der Waals surface area contributed by atoms with Crippen LogP contribution >= 0.6 is 0 Å². The van der Waals surface area contributed by atoms with Gasteiger partial charge in [-0.1, -0.05) is 18.2 Å². The second kappa shape index (κ2) is 6.27. The Hall–Kier alpha value is -2.21. The lowest BCUT2D eigenvalue weighted by molar-refractivity contribution is -0.144. The molecule has 1 aromatic heterocycles. The van der Waals surface area contributed by atoms with E-state index in [0.717, 1.165) is 24.2 Å². The number of rotatable bonds is 4. The highest BCUT2D eigenvalue weighted by Crippen LogP contribution is 2.23. The van der Waals surface area contributed by atoms with Gasteiger partial charge in [-0.3, -0.25) is 9.69 Å². The van der Waals surface area contributed by atoms with E-state index in [4.69, 9.17) is 0 Å². The van der Waals surface area contributed by atoms with E-state index in [0.29, 0.717) is 19.1 Å². The van der Waals surface area contributed by atoms with Crippen molar-refractivity contribution >= 4 is 5.97 Å². The van der Waals surface area contributed by atoms with Crippen molar-refractivity contribution in [3.8, 4) is 5.69 Å². The van der Waals surface area contributed by atoms with Gasteiger partial charge in [0.25, 0.3) is 0 Å². The number of carboxylic acid groups (broad SMARTS) is 1. The van der Waals surface area contributed by atoms with Crippen LogP contribution in [0.25, 0.3) is 5.69 Å². The molecule has 0 aliphatic carbocycles. The van der Waals surface area contributed by atoms with E-state index >= 15 is 0 Å². The van der Waals surface area contributed by atoms with E-state index in [2.05, 4.69) is 22.0 Å². The van der Waals surface area contributed by atoms with Crippen LogP contribution in [0.3, 0.4) is 0 Å². The van der Waals surface area contributed by atoms with Gasteiger partial charge in [0.15, 0.2) is 0 Å². The quantitative estimate of drug-likeness (QED) is 0.934. The Morgan fingerprint density at radius 2 is 2.09 bits per heavy atom. The van der Waals surface area contributed by atoms with Crippen LogP contribution < -0.4 is 0 Å². The standard InChI is InChI=1S/C16H20N4O2/c1-12-7-8-13(16(21)22)10-19(12)11-14-9-17-20(18-14)15-5-3-2-4-6-15/h2-6,9,12-13H,7-8,10-11H2,1H3,(H,21,22). The molecular weight excluding hydrogens is 280 g/mol. The maximum Gasteiger partial charge on any atom is 0.307 e. The first-order valence-electron chi connectivity index (χ1n) is 7.57. The summed E-state index contributed by atoms with van der Waals surface area (Å²) in [4.78, 5) is 15.0. The smallest absolute Gasteiger partial charge is 0.307 e. The van der Waals surface area contributed by atoms with E-state index in [1.165, 1.54) is 0 Å². The van der Waals surface area contributed by atoms with Crippen molar-refractivity contribution in [1.82, 2.24) is 19.9 Å². The molecule has 0 bridgehead atoms. The van der Waals surface area contributed by atoms with Crippen molar-refractivity contribution < 1.29 is 9.90 Å². The summed E-state index contributed by atoms with van der Waals surface area (Å²) in [5, 5.41) is 18.0. The Bertz CT molecular complexity index is 641. The average Bonchev–Trinajstić information content (AvgIpc) is 2.99. The molecule has 1 aliphatic heterocycles. The Balaban J connectivity index is 1.70.